The normalized spacial score (nSPS) is 14.7. The Morgan fingerprint density at radius 1 is 1.07 bits per heavy atom. The van der Waals surface area contributed by atoms with Crippen molar-refractivity contribution in [2.75, 3.05) is 24.3 Å². The molecule has 0 unspecified atom stereocenters. The summed E-state index contributed by atoms with van der Waals surface area (Å²) in [7, 11) is 1.31. The molecule has 0 radical (unpaired) electrons. The van der Waals surface area contributed by atoms with Crippen molar-refractivity contribution in [3.05, 3.63) is 28.8 Å². The number of aryl methyl sites for hydroxylation is 2. The van der Waals surface area contributed by atoms with Crippen LogP contribution in [0.15, 0.2) is 12.1 Å². The number of esters is 1. The Hall–Kier alpha value is -1.82. The zero-order valence-corrected chi connectivity index (χ0v) is 17.5. The highest BCUT2D eigenvalue weighted by Gasteiger charge is 2.26. The first-order valence-corrected chi connectivity index (χ1v) is 10.4. The molecule has 0 N–H and O–H groups in total. The molecular weight excluding hydrogens is 362 g/mol. The van der Waals surface area contributed by atoms with Crippen LogP contribution in [0.25, 0.3) is 0 Å². The van der Waals surface area contributed by atoms with Gasteiger partial charge in [-0.05, 0) is 50.3 Å². The molecule has 148 valence electrons. The smallest absolute Gasteiger partial charge is 0.325 e. The molecule has 1 aliphatic rings. The van der Waals surface area contributed by atoms with E-state index in [1.165, 1.54) is 18.4 Å². The summed E-state index contributed by atoms with van der Waals surface area (Å²) in [5.74, 6) is -0.620. The van der Waals surface area contributed by atoms with Crippen molar-refractivity contribution in [3.63, 3.8) is 0 Å². The Balaban J connectivity index is 2.16. The number of carbonyl (C=O) groups is 3. The van der Waals surface area contributed by atoms with Crippen LogP contribution in [-0.2, 0) is 19.1 Å². The van der Waals surface area contributed by atoms with Crippen molar-refractivity contribution in [2.24, 2.45) is 5.92 Å². The molecule has 1 aromatic carbocycles. The van der Waals surface area contributed by atoms with E-state index in [4.69, 9.17) is 4.74 Å². The molecule has 0 saturated heterocycles. The van der Waals surface area contributed by atoms with E-state index in [0.29, 0.717) is 0 Å². The first-order chi connectivity index (χ1) is 12.8. The maximum Gasteiger partial charge on any atom is 0.325 e. The molecule has 1 aromatic rings. The molecule has 0 aliphatic heterocycles. The summed E-state index contributed by atoms with van der Waals surface area (Å²) in [6.07, 6.45) is 5.19. The van der Waals surface area contributed by atoms with Crippen molar-refractivity contribution in [3.8, 4) is 0 Å². The van der Waals surface area contributed by atoms with Gasteiger partial charge in [-0.25, -0.2) is 0 Å². The lowest BCUT2D eigenvalue weighted by molar-refractivity contribution is -0.139. The Labute approximate surface area is 165 Å². The van der Waals surface area contributed by atoms with E-state index in [1.54, 1.807) is 0 Å². The minimum atomic E-state index is -0.479. The molecule has 0 heterocycles. The van der Waals surface area contributed by atoms with Gasteiger partial charge in [-0.1, -0.05) is 43.2 Å². The van der Waals surface area contributed by atoms with Crippen molar-refractivity contribution in [1.82, 2.24) is 0 Å². The fourth-order valence-corrected chi connectivity index (χ4v) is 4.40. The van der Waals surface area contributed by atoms with Crippen LogP contribution in [0, 0.1) is 26.7 Å². The lowest BCUT2D eigenvalue weighted by atomic mass is 9.90. The molecule has 27 heavy (non-hydrogen) atoms. The third kappa shape index (κ3) is 5.58. The van der Waals surface area contributed by atoms with Crippen LogP contribution in [0.5, 0.6) is 0 Å². The lowest BCUT2D eigenvalue weighted by Gasteiger charge is -2.26. The van der Waals surface area contributed by atoms with Gasteiger partial charge in [0.1, 0.15) is 6.54 Å². The topological polar surface area (TPSA) is 63.7 Å². The highest BCUT2D eigenvalue weighted by molar-refractivity contribution is 8.14. The predicted octanol–water partition coefficient (Wildman–Crippen LogP) is 3.96. The summed E-state index contributed by atoms with van der Waals surface area (Å²) in [5.41, 5.74) is 3.65. The quantitative estimate of drug-likeness (QED) is 0.687. The third-order valence-corrected chi connectivity index (χ3v) is 6.27. The molecule has 0 bridgehead atoms. The first kappa shape index (κ1) is 21.5. The van der Waals surface area contributed by atoms with Crippen molar-refractivity contribution in [2.45, 2.75) is 52.9 Å². The van der Waals surface area contributed by atoms with E-state index >= 15 is 0 Å². The second-order valence-electron chi connectivity index (χ2n) is 7.17. The highest BCUT2D eigenvalue weighted by atomic mass is 32.2. The number of hydrogen-bond donors (Lipinski definition) is 0. The number of amides is 1. The molecular formula is C21H29NO4S. The molecule has 0 atom stereocenters. The fourth-order valence-electron chi connectivity index (χ4n) is 3.50. The van der Waals surface area contributed by atoms with Crippen LogP contribution in [0.2, 0.25) is 0 Å². The first-order valence-electron chi connectivity index (χ1n) is 9.45. The maximum absolute atomic E-state index is 12.9. The molecule has 0 spiro atoms. The molecule has 5 nitrogen and oxygen atoms in total. The number of carbonyl (C=O) groups excluding carboxylic acids is 3. The molecule has 6 heteroatoms. The van der Waals surface area contributed by atoms with E-state index in [0.717, 1.165) is 59.8 Å². The summed E-state index contributed by atoms with van der Waals surface area (Å²) < 4.78 is 4.78. The maximum atomic E-state index is 12.9. The van der Waals surface area contributed by atoms with Crippen LogP contribution in [0.1, 0.15) is 48.8 Å². The number of benzene rings is 1. The van der Waals surface area contributed by atoms with Crippen LogP contribution < -0.4 is 4.90 Å². The summed E-state index contributed by atoms with van der Waals surface area (Å²) in [6.45, 7) is 5.67. The van der Waals surface area contributed by atoms with E-state index in [1.807, 2.05) is 32.9 Å². The summed E-state index contributed by atoms with van der Waals surface area (Å²) in [6, 6.07) is 3.94. The third-order valence-electron chi connectivity index (χ3n) is 5.27. The van der Waals surface area contributed by atoms with E-state index in [9.17, 15) is 14.4 Å². The van der Waals surface area contributed by atoms with Gasteiger partial charge in [0.2, 0.25) is 5.91 Å². The Bertz CT molecular complexity index is 710. The number of nitrogens with zero attached hydrogens (tertiary/aromatic N) is 1. The van der Waals surface area contributed by atoms with Gasteiger partial charge in [0, 0.05) is 5.92 Å². The number of ether oxygens (including phenoxy) is 1. The van der Waals surface area contributed by atoms with Crippen molar-refractivity contribution in [1.29, 1.82) is 0 Å². The van der Waals surface area contributed by atoms with Crippen LogP contribution in [0.4, 0.5) is 5.69 Å². The minimum absolute atomic E-state index is 0.0408. The van der Waals surface area contributed by atoms with Gasteiger partial charge in [0.05, 0.1) is 18.6 Å². The van der Waals surface area contributed by atoms with Crippen LogP contribution in [-0.4, -0.2) is 36.4 Å². The van der Waals surface area contributed by atoms with E-state index < -0.39 is 5.97 Å². The average Bonchev–Trinajstić information content (AvgIpc) is 2.68. The van der Waals surface area contributed by atoms with E-state index in [2.05, 4.69) is 0 Å². The van der Waals surface area contributed by atoms with E-state index in [-0.39, 0.29) is 29.2 Å². The van der Waals surface area contributed by atoms with Gasteiger partial charge in [0.25, 0.3) is 0 Å². The van der Waals surface area contributed by atoms with Gasteiger partial charge in [-0.15, -0.1) is 0 Å². The summed E-state index contributed by atoms with van der Waals surface area (Å²) in [5, 5.41) is 0.0961. The van der Waals surface area contributed by atoms with Gasteiger partial charge in [-0.3, -0.25) is 19.3 Å². The molecule has 2 rings (SSSR count). The van der Waals surface area contributed by atoms with Crippen LogP contribution in [0.3, 0.4) is 0 Å². The Morgan fingerprint density at radius 2 is 1.70 bits per heavy atom. The van der Waals surface area contributed by atoms with Crippen molar-refractivity contribution < 1.29 is 19.1 Å². The number of rotatable bonds is 6. The number of thioether (sulfide) groups is 1. The van der Waals surface area contributed by atoms with Gasteiger partial charge in [0.15, 0.2) is 5.12 Å². The lowest BCUT2D eigenvalue weighted by Crippen LogP contribution is -2.39. The number of hydrogen-bond acceptors (Lipinski definition) is 5. The minimum Gasteiger partial charge on any atom is -0.468 e. The second-order valence-corrected chi connectivity index (χ2v) is 8.15. The van der Waals surface area contributed by atoms with Gasteiger partial charge in [-0.2, -0.15) is 0 Å². The SMILES string of the molecule is COC(=O)CN(C(=O)CSC(=O)C1CCCCC1)c1c(C)ccc(C)c1C. The summed E-state index contributed by atoms with van der Waals surface area (Å²) in [4.78, 5) is 38.7. The average molecular weight is 392 g/mol. The standard InChI is InChI=1S/C21H29NO4S/c1-14-10-11-15(2)20(16(14)3)22(12-19(24)26-4)18(23)13-27-21(25)17-8-6-5-7-9-17/h10-11,17H,5-9,12-13H2,1-4H3. The molecule has 0 aromatic heterocycles. The van der Waals surface area contributed by atoms with Gasteiger partial charge >= 0.3 is 5.97 Å². The predicted molar refractivity (Wildman–Crippen MR) is 109 cm³/mol. The molecule has 1 amide bonds. The highest BCUT2D eigenvalue weighted by Crippen LogP contribution is 2.30. The van der Waals surface area contributed by atoms with Crippen LogP contribution >= 0.6 is 11.8 Å². The Morgan fingerprint density at radius 3 is 2.33 bits per heavy atom. The monoisotopic (exact) mass is 391 g/mol. The Kier molecular flexibility index (Phi) is 7.90. The van der Waals surface area contributed by atoms with Gasteiger partial charge < -0.3 is 4.74 Å². The molecule has 1 saturated carbocycles. The zero-order valence-electron chi connectivity index (χ0n) is 16.7. The number of anilines is 1. The summed E-state index contributed by atoms with van der Waals surface area (Å²) >= 11 is 1.08. The molecule has 1 aliphatic carbocycles. The fraction of sp³-hybridized carbons (Fsp3) is 0.571. The number of methoxy groups -OCH3 is 1. The largest absolute Gasteiger partial charge is 0.468 e. The molecule has 1 fully saturated rings. The zero-order chi connectivity index (χ0) is 20.0. The second kappa shape index (κ2) is 9.93. The van der Waals surface area contributed by atoms with Crippen molar-refractivity contribution >= 4 is 34.4 Å².